The molecule has 2 amide bonds. The van der Waals surface area contributed by atoms with Gasteiger partial charge in [0.05, 0.1) is 31.9 Å². The molecular formula is C30H36FN3O7S. The number of hydrogen-bond donors (Lipinski definition) is 1. The Labute approximate surface area is 246 Å². The molecule has 0 saturated carbocycles. The van der Waals surface area contributed by atoms with E-state index >= 15 is 0 Å². The Morgan fingerprint density at radius 1 is 0.905 bits per heavy atom. The van der Waals surface area contributed by atoms with Crippen LogP contribution in [0.25, 0.3) is 0 Å². The Hall–Kier alpha value is -4.32. The quantitative estimate of drug-likeness (QED) is 0.297. The van der Waals surface area contributed by atoms with E-state index < -0.39 is 34.3 Å². The van der Waals surface area contributed by atoms with E-state index in [0.29, 0.717) is 23.6 Å². The third kappa shape index (κ3) is 7.49. The first kappa shape index (κ1) is 32.2. The van der Waals surface area contributed by atoms with E-state index in [1.54, 1.807) is 38.1 Å². The lowest BCUT2D eigenvalue weighted by atomic mass is 10.1. The molecule has 12 heteroatoms. The van der Waals surface area contributed by atoms with E-state index in [0.717, 1.165) is 16.4 Å². The molecule has 0 spiro atoms. The van der Waals surface area contributed by atoms with Gasteiger partial charge in [0.1, 0.15) is 24.2 Å². The van der Waals surface area contributed by atoms with Gasteiger partial charge in [0.2, 0.25) is 11.8 Å². The summed E-state index contributed by atoms with van der Waals surface area (Å²) >= 11 is 0. The number of hydrogen-bond acceptors (Lipinski definition) is 7. The maximum atomic E-state index is 14.1. The zero-order chi connectivity index (χ0) is 30.9. The average molecular weight is 602 g/mol. The third-order valence-electron chi connectivity index (χ3n) is 6.56. The molecule has 0 bridgehead atoms. The number of benzene rings is 3. The number of carbonyl (C=O) groups excluding carboxylic acids is 2. The first-order valence-electron chi connectivity index (χ1n) is 13.3. The van der Waals surface area contributed by atoms with Gasteiger partial charge < -0.3 is 24.4 Å². The van der Waals surface area contributed by atoms with Crippen LogP contribution in [0.3, 0.4) is 0 Å². The number of sulfonamides is 1. The fourth-order valence-electron chi connectivity index (χ4n) is 4.42. The van der Waals surface area contributed by atoms with Crippen LogP contribution in [0, 0.1) is 5.82 Å². The van der Waals surface area contributed by atoms with Crippen LogP contribution in [0.5, 0.6) is 17.2 Å². The number of carbonyl (C=O) groups is 2. The molecule has 0 aliphatic carbocycles. The maximum Gasteiger partial charge on any atom is 0.264 e. The first-order valence-corrected chi connectivity index (χ1v) is 14.7. The zero-order valence-electron chi connectivity index (χ0n) is 24.3. The van der Waals surface area contributed by atoms with Crippen LogP contribution in [0.15, 0.2) is 71.6 Å². The number of halogens is 1. The van der Waals surface area contributed by atoms with Crippen LogP contribution in [0.1, 0.15) is 25.8 Å². The van der Waals surface area contributed by atoms with Crippen molar-refractivity contribution in [2.75, 3.05) is 38.7 Å². The van der Waals surface area contributed by atoms with Crippen molar-refractivity contribution in [1.82, 2.24) is 10.2 Å². The van der Waals surface area contributed by atoms with Crippen molar-refractivity contribution >= 4 is 27.5 Å². The fraction of sp³-hybridized carbons (Fsp3) is 0.333. The highest BCUT2D eigenvalue weighted by Gasteiger charge is 2.34. The van der Waals surface area contributed by atoms with Crippen LogP contribution >= 0.6 is 0 Å². The largest absolute Gasteiger partial charge is 0.497 e. The normalized spacial score (nSPS) is 11.8. The van der Waals surface area contributed by atoms with Crippen molar-refractivity contribution in [3.63, 3.8) is 0 Å². The number of methoxy groups -OCH3 is 3. The minimum atomic E-state index is -4.39. The summed E-state index contributed by atoms with van der Waals surface area (Å²) in [5, 5.41) is 2.75. The molecule has 0 saturated heterocycles. The second-order valence-electron chi connectivity index (χ2n) is 9.20. The molecule has 3 aromatic rings. The van der Waals surface area contributed by atoms with Gasteiger partial charge in [-0.25, -0.2) is 12.8 Å². The van der Waals surface area contributed by atoms with Gasteiger partial charge >= 0.3 is 0 Å². The summed E-state index contributed by atoms with van der Waals surface area (Å²) in [5.41, 5.74) is 0.744. The van der Waals surface area contributed by atoms with Gasteiger partial charge in [0.15, 0.2) is 11.5 Å². The molecule has 0 aliphatic heterocycles. The molecule has 42 heavy (non-hydrogen) atoms. The van der Waals surface area contributed by atoms with E-state index in [1.165, 1.54) is 56.6 Å². The average Bonchev–Trinajstić information content (AvgIpc) is 2.99. The maximum absolute atomic E-state index is 14.1. The van der Waals surface area contributed by atoms with E-state index in [2.05, 4.69) is 5.32 Å². The van der Waals surface area contributed by atoms with Crippen molar-refractivity contribution in [1.29, 1.82) is 0 Å². The fourth-order valence-corrected chi connectivity index (χ4v) is 5.85. The summed E-state index contributed by atoms with van der Waals surface area (Å²) in [5.74, 6) is -0.522. The number of nitrogens with zero attached hydrogens (tertiary/aromatic N) is 2. The summed E-state index contributed by atoms with van der Waals surface area (Å²) in [6.07, 6.45) is 0.278. The van der Waals surface area contributed by atoms with E-state index in [-0.39, 0.29) is 35.2 Å². The lowest BCUT2D eigenvalue weighted by molar-refractivity contribution is -0.140. The van der Waals surface area contributed by atoms with Crippen molar-refractivity contribution in [2.24, 2.45) is 0 Å². The standard InChI is InChI=1S/C30H36FN3O7S/c1-6-26(30(36)32-7-2)33(19-21-9-8-10-24(17-21)39-3)29(35)20-34(23-13-11-22(31)12-14-23)42(37,38)25-15-16-27(40-4)28(18-25)41-5/h8-18,26H,6-7,19-20H2,1-5H3,(H,32,36). The highest BCUT2D eigenvalue weighted by molar-refractivity contribution is 7.92. The van der Waals surface area contributed by atoms with Gasteiger partial charge in [-0.2, -0.15) is 0 Å². The van der Waals surface area contributed by atoms with Gasteiger partial charge in [-0.05, 0) is 67.4 Å². The molecule has 0 aliphatic rings. The van der Waals surface area contributed by atoms with Gasteiger partial charge in [0.25, 0.3) is 10.0 Å². The highest BCUT2D eigenvalue weighted by atomic mass is 32.2. The van der Waals surface area contributed by atoms with Crippen molar-refractivity contribution in [2.45, 2.75) is 37.8 Å². The van der Waals surface area contributed by atoms with E-state index in [1.807, 2.05) is 0 Å². The Bertz CT molecular complexity index is 1480. The molecule has 0 radical (unpaired) electrons. The second-order valence-corrected chi connectivity index (χ2v) is 11.1. The number of anilines is 1. The number of likely N-dealkylation sites (N-methyl/N-ethyl adjacent to an activating group) is 1. The Kier molecular flexibility index (Phi) is 11.1. The number of amides is 2. The van der Waals surface area contributed by atoms with Crippen LogP contribution in [0.2, 0.25) is 0 Å². The van der Waals surface area contributed by atoms with Crippen LogP contribution in [-0.4, -0.2) is 65.6 Å². The summed E-state index contributed by atoms with van der Waals surface area (Å²) in [6.45, 7) is 3.24. The molecule has 0 aromatic heterocycles. The van der Waals surface area contributed by atoms with Crippen LogP contribution < -0.4 is 23.8 Å². The second kappa shape index (κ2) is 14.5. The molecule has 1 unspecified atom stereocenters. The molecule has 0 heterocycles. The number of ether oxygens (including phenoxy) is 3. The topological polar surface area (TPSA) is 114 Å². The van der Waals surface area contributed by atoms with Gasteiger partial charge in [-0.1, -0.05) is 19.1 Å². The minimum absolute atomic E-state index is 0.0132. The van der Waals surface area contributed by atoms with Crippen molar-refractivity contribution in [3.8, 4) is 17.2 Å². The Morgan fingerprint density at radius 2 is 1.60 bits per heavy atom. The molecule has 3 aromatic carbocycles. The molecule has 3 rings (SSSR count). The van der Waals surface area contributed by atoms with Gasteiger partial charge in [-0.15, -0.1) is 0 Å². The highest BCUT2D eigenvalue weighted by Crippen LogP contribution is 2.32. The third-order valence-corrected chi connectivity index (χ3v) is 8.33. The van der Waals surface area contributed by atoms with Crippen molar-refractivity contribution < 1.29 is 36.6 Å². The van der Waals surface area contributed by atoms with Crippen molar-refractivity contribution in [3.05, 3.63) is 78.1 Å². The lowest BCUT2D eigenvalue weighted by Gasteiger charge is -2.33. The summed E-state index contributed by atoms with van der Waals surface area (Å²) in [7, 11) is -0.0781. The summed E-state index contributed by atoms with van der Waals surface area (Å²) < 4.78 is 58.6. The zero-order valence-corrected chi connectivity index (χ0v) is 25.1. The number of nitrogens with one attached hydrogen (secondary N) is 1. The van der Waals surface area contributed by atoms with Crippen LogP contribution in [-0.2, 0) is 26.2 Å². The van der Waals surface area contributed by atoms with Crippen LogP contribution in [0.4, 0.5) is 10.1 Å². The SMILES string of the molecule is CCNC(=O)C(CC)N(Cc1cccc(OC)c1)C(=O)CN(c1ccc(F)cc1)S(=O)(=O)c1ccc(OC)c(OC)c1. The molecule has 10 nitrogen and oxygen atoms in total. The predicted molar refractivity (Wildman–Crippen MR) is 157 cm³/mol. The molecular weight excluding hydrogens is 565 g/mol. The molecule has 0 fully saturated rings. The van der Waals surface area contributed by atoms with Gasteiger partial charge in [-0.3, -0.25) is 13.9 Å². The minimum Gasteiger partial charge on any atom is -0.497 e. The lowest BCUT2D eigenvalue weighted by Crippen LogP contribution is -2.52. The molecule has 1 N–H and O–H groups in total. The summed E-state index contributed by atoms with van der Waals surface area (Å²) in [6, 6.07) is 15.0. The van der Waals surface area contributed by atoms with E-state index in [4.69, 9.17) is 14.2 Å². The first-order chi connectivity index (χ1) is 20.1. The number of rotatable bonds is 14. The summed E-state index contributed by atoms with van der Waals surface area (Å²) in [4.78, 5) is 28.3. The predicted octanol–water partition coefficient (Wildman–Crippen LogP) is 3.99. The molecule has 1 atom stereocenters. The van der Waals surface area contributed by atoms with E-state index in [9.17, 15) is 22.4 Å². The van der Waals surface area contributed by atoms with Gasteiger partial charge in [0, 0.05) is 19.2 Å². The Morgan fingerprint density at radius 3 is 2.19 bits per heavy atom. The Balaban J connectivity index is 2.10. The molecule has 226 valence electrons. The smallest absolute Gasteiger partial charge is 0.264 e. The monoisotopic (exact) mass is 601 g/mol.